The number of benzene rings is 2. The highest BCUT2D eigenvalue weighted by atomic mass is 35.5. The molecule has 0 radical (unpaired) electrons. The van der Waals surface area contributed by atoms with Crippen LogP contribution in [0.25, 0.3) is 0 Å². The molecule has 0 amide bonds. The van der Waals surface area contributed by atoms with E-state index in [9.17, 15) is 0 Å². The Balaban J connectivity index is 2.15. The molecule has 3 rings (SSSR count). The third kappa shape index (κ3) is 3.06. The first-order chi connectivity index (χ1) is 10.6. The largest absolute Gasteiger partial charge is 0.495 e. The summed E-state index contributed by atoms with van der Waals surface area (Å²) < 4.78 is 5.33. The van der Waals surface area contributed by atoms with Crippen LogP contribution in [0.2, 0.25) is 10.0 Å². The van der Waals surface area contributed by atoms with E-state index in [4.69, 9.17) is 40.2 Å². The van der Waals surface area contributed by atoms with Gasteiger partial charge < -0.3 is 10.1 Å². The highest BCUT2D eigenvalue weighted by Gasteiger charge is 2.25. The number of thiocarbonyl (C=S) groups is 1. The molecule has 0 saturated heterocycles. The first kappa shape index (κ1) is 15.9. The molecule has 0 aliphatic carbocycles. The van der Waals surface area contributed by atoms with Crippen molar-refractivity contribution in [1.29, 1.82) is 0 Å². The van der Waals surface area contributed by atoms with Gasteiger partial charge >= 0.3 is 0 Å². The van der Waals surface area contributed by atoms with Gasteiger partial charge in [-0.15, -0.1) is 11.8 Å². The molecular weight excluding hydrogens is 357 g/mol. The summed E-state index contributed by atoms with van der Waals surface area (Å²) in [6, 6.07) is 11.6. The first-order valence-corrected chi connectivity index (χ1v) is 8.84. The van der Waals surface area contributed by atoms with Crippen LogP contribution in [0.3, 0.4) is 0 Å². The molecule has 2 aromatic carbocycles. The van der Waals surface area contributed by atoms with E-state index in [1.165, 1.54) is 0 Å². The Morgan fingerprint density at radius 3 is 2.82 bits per heavy atom. The van der Waals surface area contributed by atoms with Crippen LogP contribution in [0.5, 0.6) is 5.75 Å². The Labute approximate surface area is 149 Å². The molecule has 0 aromatic heterocycles. The third-order valence-corrected chi connectivity index (χ3v) is 5.81. The van der Waals surface area contributed by atoms with Gasteiger partial charge in [-0.1, -0.05) is 47.6 Å². The smallest absolute Gasteiger partial charge is 0.137 e. The zero-order valence-electron chi connectivity index (χ0n) is 11.7. The SMILES string of the molecule is COc1cccc(C2SCC(=S)Nc3ccc(Cl)cc32)c1Cl. The fourth-order valence-electron chi connectivity index (χ4n) is 2.44. The molecule has 6 heteroatoms. The lowest BCUT2D eigenvalue weighted by Crippen LogP contribution is -2.09. The summed E-state index contributed by atoms with van der Waals surface area (Å²) in [7, 11) is 1.62. The maximum absolute atomic E-state index is 6.51. The summed E-state index contributed by atoms with van der Waals surface area (Å²) in [6.45, 7) is 0. The lowest BCUT2D eigenvalue weighted by atomic mass is 10.0. The molecule has 2 aromatic rings. The van der Waals surface area contributed by atoms with Crippen LogP contribution in [0.4, 0.5) is 5.69 Å². The van der Waals surface area contributed by atoms with Crippen molar-refractivity contribution in [2.24, 2.45) is 0 Å². The molecule has 114 valence electrons. The van der Waals surface area contributed by atoms with E-state index in [1.807, 2.05) is 36.4 Å². The molecule has 22 heavy (non-hydrogen) atoms. The highest BCUT2D eigenvalue weighted by molar-refractivity contribution is 8.01. The zero-order valence-corrected chi connectivity index (χ0v) is 14.9. The third-order valence-electron chi connectivity index (χ3n) is 3.45. The van der Waals surface area contributed by atoms with Crippen molar-refractivity contribution in [3.63, 3.8) is 0 Å². The van der Waals surface area contributed by atoms with E-state index in [1.54, 1.807) is 18.9 Å². The van der Waals surface area contributed by atoms with Crippen LogP contribution < -0.4 is 10.1 Å². The van der Waals surface area contributed by atoms with Crippen LogP contribution in [0.15, 0.2) is 36.4 Å². The average molecular weight is 370 g/mol. The summed E-state index contributed by atoms with van der Waals surface area (Å²) in [6.07, 6.45) is 0. The first-order valence-electron chi connectivity index (χ1n) is 6.63. The topological polar surface area (TPSA) is 21.3 Å². The fourth-order valence-corrected chi connectivity index (χ4v) is 4.46. The van der Waals surface area contributed by atoms with Crippen molar-refractivity contribution in [3.05, 3.63) is 57.6 Å². The number of thioether (sulfide) groups is 1. The van der Waals surface area contributed by atoms with E-state index < -0.39 is 0 Å². The number of halogens is 2. The quantitative estimate of drug-likeness (QED) is 0.697. The molecule has 0 spiro atoms. The normalized spacial score (nSPS) is 17.4. The van der Waals surface area contributed by atoms with Crippen LogP contribution in [-0.4, -0.2) is 17.9 Å². The van der Waals surface area contributed by atoms with Gasteiger partial charge in [0.15, 0.2) is 0 Å². The predicted molar refractivity (Wildman–Crippen MR) is 100.0 cm³/mol. The van der Waals surface area contributed by atoms with Gasteiger partial charge in [-0.25, -0.2) is 0 Å². The molecule has 1 aliphatic rings. The average Bonchev–Trinajstić information content (AvgIpc) is 2.66. The second-order valence-corrected chi connectivity index (χ2v) is 7.23. The van der Waals surface area contributed by atoms with Crippen molar-refractivity contribution < 1.29 is 4.74 Å². The monoisotopic (exact) mass is 369 g/mol. The number of hydrogen-bond donors (Lipinski definition) is 1. The van der Waals surface area contributed by atoms with Crippen molar-refractivity contribution in [2.45, 2.75) is 5.25 Å². The van der Waals surface area contributed by atoms with Crippen LogP contribution >= 0.6 is 47.2 Å². The minimum atomic E-state index is 0.0456. The second-order valence-electron chi connectivity index (χ2n) is 4.83. The summed E-state index contributed by atoms with van der Waals surface area (Å²) in [5.41, 5.74) is 3.05. The Kier molecular flexibility index (Phi) is 4.83. The molecule has 1 unspecified atom stereocenters. The number of ether oxygens (including phenoxy) is 1. The van der Waals surface area contributed by atoms with Gasteiger partial charge in [-0.2, -0.15) is 0 Å². The van der Waals surface area contributed by atoms with Gasteiger partial charge in [-0.05, 0) is 35.4 Å². The summed E-state index contributed by atoms with van der Waals surface area (Å²) in [5, 5.41) is 4.64. The van der Waals surface area contributed by atoms with Crippen molar-refractivity contribution >= 4 is 57.9 Å². The highest BCUT2D eigenvalue weighted by Crippen LogP contribution is 2.46. The molecule has 0 saturated carbocycles. The number of nitrogens with one attached hydrogen (secondary N) is 1. The standard InChI is InChI=1S/C16H13Cl2NOS2/c1-20-13-4-2-3-10(15(13)18)16-11-7-9(17)5-6-12(11)19-14(21)8-22-16/h2-7,16H,8H2,1H3,(H,19,21). The summed E-state index contributed by atoms with van der Waals surface area (Å²) >= 11 is 19.8. The van der Waals surface area contributed by atoms with E-state index in [0.717, 1.165) is 27.6 Å². The lowest BCUT2D eigenvalue weighted by Gasteiger charge is -2.19. The van der Waals surface area contributed by atoms with Crippen molar-refractivity contribution in [3.8, 4) is 5.75 Å². The minimum absolute atomic E-state index is 0.0456. The van der Waals surface area contributed by atoms with Gasteiger partial charge in [-0.3, -0.25) is 0 Å². The lowest BCUT2D eigenvalue weighted by molar-refractivity contribution is 0.414. The van der Waals surface area contributed by atoms with Crippen molar-refractivity contribution in [2.75, 3.05) is 18.2 Å². The summed E-state index contributed by atoms with van der Waals surface area (Å²) in [4.78, 5) is 0.801. The van der Waals surface area contributed by atoms with E-state index in [2.05, 4.69) is 5.32 Å². The Bertz CT molecular complexity index is 736. The maximum atomic E-state index is 6.51. The Morgan fingerprint density at radius 1 is 1.23 bits per heavy atom. The fraction of sp³-hybridized carbons (Fsp3) is 0.188. The second kappa shape index (κ2) is 6.67. The molecule has 0 fully saturated rings. The molecule has 1 atom stereocenters. The van der Waals surface area contributed by atoms with Gasteiger partial charge in [0.05, 0.1) is 22.4 Å². The van der Waals surface area contributed by atoms with Crippen LogP contribution in [-0.2, 0) is 0 Å². The van der Waals surface area contributed by atoms with Crippen LogP contribution in [0, 0.1) is 0 Å². The summed E-state index contributed by atoms with van der Waals surface area (Å²) in [5.74, 6) is 1.39. The number of fused-ring (bicyclic) bond motifs is 1. The zero-order chi connectivity index (χ0) is 15.7. The Morgan fingerprint density at radius 2 is 2.05 bits per heavy atom. The van der Waals surface area contributed by atoms with Gasteiger partial charge in [0.1, 0.15) is 5.75 Å². The van der Waals surface area contributed by atoms with Gasteiger partial charge in [0, 0.05) is 16.5 Å². The molecule has 2 nitrogen and oxygen atoms in total. The maximum Gasteiger partial charge on any atom is 0.137 e. The van der Waals surface area contributed by atoms with E-state index in [0.29, 0.717) is 15.8 Å². The van der Waals surface area contributed by atoms with Crippen molar-refractivity contribution in [1.82, 2.24) is 0 Å². The minimum Gasteiger partial charge on any atom is -0.495 e. The van der Waals surface area contributed by atoms with E-state index in [-0.39, 0.29) is 5.25 Å². The molecule has 1 heterocycles. The number of rotatable bonds is 2. The number of methoxy groups -OCH3 is 1. The number of hydrogen-bond acceptors (Lipinski definition) is 3. The molecule has 1 N–H and O–H groups in total. The predicted octanol–water partition coefficient (Wildman–Crippen LogP) is 5.58. The molecule has 1 aliphatic heterocycles. The van der Waals surface area contributed by atoms with E-state index >= 15 is 0 Å². The number of anilines is 1. The van der Waals surface area contributed by atoms with Gasteiger partial charge in [0.25, 0.3) is 0 Å². The Hall–Kier alpha value is -0.940. The van der Waals surface area contributed by atoms with Crippen LogP contribution in [0.1, 0.15) is 16.4 Å². The molecule has 0 bridgehead atoms. The molecular formula is C16H13Cl2NOS2. The van der Waals surface area contributed by atoms with Gasteiger partial charge in [0.2, 0.25) is 0 Å².